The van der Waals surface area contributed by atoms with E-state index in [-0.39, 0.29) is 5.41 Å². The van der Waals surface area contributed by atoms with Gasteiger partial charge in [0.1, 0.15) is 11.8 Å². The van der Waals surface area contributed by atoms with E-state index in [4.69, 9.17) is 4.74 Å². The molecule has 2 saturated heterocycles. The van der Waals surface area contributed by atoms with E-state index in [0.29, 0.717) is 24.8 Å². The predicted octanol–water partition coefficient (Wildman–Crippen LogP) is 1.84. The summed E-state index contributed by atoms with van der Waals surface area (Å²) in [7, 11) is 1.68. The van der Waals surface area contributed by atoms with Gasteiger partial charge in [-0.3, -0.25) is 9.69 Å². The molecular formula is C19H28N4O2. The van der Waals surface area contributed by atoms with Gasteiger partial charge < -0.3 is 14.2 Å². The average Bonchev–Trinajstić information content (AvgIpc) is 3.21. The van der Waals surface area contributed by atoms with Gasteiger partial charge in [0.15, 0.2) is 0 Å². The number of nitriles is 1. The van der Waals surface area contributed by atoms with Crippen molar-refractivity contribution in [3.63, 3.8) is 0 Å². The number of hydrogen-bond acceptors (Lipinski definition) is 4. The molecule has 2 aliphatic rings. The lowest BCUT2D eigenvalue weighted by Crippen LogP contribution is -2.50. The van der Waals surface area contributed by atoms with Gasteiger partial charge in [-0.15, -0.1) is 0 Å². The number of rotatable bonds is 6. The fourth-order valence-electron chi connectivity index (χ4n) is 4.31. The maximum absolute atomic E-state index is 13.0. The van der Waals surface area contributed by atoms with E-state index in [1.165, 1.54) is 0 Å². The molecule has 0 radical (unpaired) electrons. The molecular weight excluding hydrogens is 316 g/mol. The van der Waals surface area contributed by atoms with E-state index >= 15 is 0 Å². The van der Waals surface area contributed by atoms with Crippen molar-refractivity contribution in [3.8, 4) is 6.07 Å². The Hall–Kier alpha value is -1.84. The molecule has 0 N–H and O–H groups in total. The van der Waals surface area contributed by atoms with Crippen molar-refractivity contribution >= 4 is 5.91 Å². The number of aryl methyl sites for hydroxylation is 1. The average molecular weight is 344 g/mol. The standard InChI is InChI=1S/C19H28N4O2/c1-3-22-14-16(11-17(22)12-20)13-21-8-6-19(15-21)5-4-7-23(18(19)24)9-10-25-2/h11,14H,3-10,13,15H2,1-2H3/t19-/m0/s1. The summed E-state index contributed by atoms with van der Waals surface area (Å²) < 4.78 is 7.13. The molecule has 1 spiro atoms. The van der Waals surface area contributed by atoms with Gasteiger partial charge in [-0.2, -0.15) is 5.26 Å². The minimum atomic E-state index is -0.211. The van der Waals surface area contributed by atoms with Crippen LogP contribution in [0, 0.1) is 16.7 Å². The maximum atomic E-state index is 13.0. The molecule has 2 aliphatic heterocycles. The van der Waals surface area contributed by atoms with Gasteiger partial charge >= 0.3 is 0 Å². The summed E-state index contributed by atoms with van der Waals surface area (Å²) in [6.45, 7) is 7.60. The van der Waals surface area contributed by atoms with Crippen LogP contribution in [0.2, 0.25) is 0 Å². The molecule has 0 bridgehead atoms. The van der Waals surface area contributed by atoms with Crippen LogP contribution in [0.1, 0.15) is 37.4 Å². The van der Waals surface area contributed by atoms with Gasteiger partial charge in [0.05, 0.1) is 12.0 Å². The number of carbonyl (C=O) groups is 1. The minimum absolute atomic E-state index is 0.211. The summed E-state index contributed by atoms with van der Waals surface area (Å²) in [6.07, 6.45) is 5.07. The first-order valence-corrected chi connectivity index (χ1v) is 9.21. The number of likely N-dealkylation sites (tertiary alicyclic amines) is 2. The first kappa shape index (κ1) is 18.0. The summed E-state index contributed by atoms with van der Waals surface area (Å²) in [5.74, 6) is 0.308. The van der Waals surface area contributed by atoms with Crippen LogP contribution in [-0.2, 0) is 22.6 Å². The highest BCUT2D eigenvalue weighted by molar-refractivity contribution is 5.84. The quantitative estimate of drug-likeness (QED) is 0.790. The first-order chi connectivity index (χ1) is 12.1. The zero-order valence-corrected chi connectivity index (χ0v) is 15.3. The molecule has 136 valence electrons. The molecule has 3 rings (SSSR count). The number of nitrogens with zero attached hydrogens (tertiary/aromatic N) is 4. The Morgan fingerprint density at radius 2 is 2.20 bits per heavy atom. The first-order valence-electron chi connectivity index (χ1n) is 9.21. The second kappa shape index (κ2) is 7.59. The topological polar surface area (TPSA) is 61.5 Å². The number of amides is 1. The van der Waals surface area contributed by atoms with Crippen LogP contribution in [0.25, 0.3) is 0 Å². The second-order valence-electron chi connectivity index (χ2n) is 7.26. The molecule has 6 nitrogen and oxygen atoms in total. The van der Waals surface area contributed by atoms with Crippen LogP contribution >= 0.6 is 0 Å². The summed E-state index contributed by atoms with van der Waals surface area (Å²) >= 11 is 0. The fraction of sp³-hybridized carbons (Fsp3) is 0.684. The molecule has 1 atom stereocenters. The van der Waals surface area contributed by atoms with Crippen molar-refractivity contribution in [3.05, 3.63) is 23.5 Å². The van der Waals surface area contributed by atoms with Crippen molar-refractivity contribution in [2.75, 3.05) is 39.9 Å². The number of carbonyl (C=O) groups excluding carboxylic acids is 1. The maximum Gasteiger partial charge on any atom is 0.230 e. The molecule has 0 aliphatic carbocycles. The second-order valence-corrected chi connectivity index (χ2v) is 7.26. The number of piperidine rings is 1. The normalized spacial score (nSPS) is 24.2. The van der Waals surface area contributed by atoms with Gasteiger partial charge in [-0.1, -0.05) is 0 Å². The van der Waals surface area contributed by atoms with Gasteiger partial charge in [-0.25, -0.2) is 0 Å². The Balaban J connectivity index is 1.65. The highest BCUT2D eigenvalue weighted by Gasteiger charge is 2.48. The predicted molar refractivity (Wildman–Crippen MR) is 94.8 cm³/mol. The lowest BCUT2D eigenvalue weighted by molar-refractivity contribution is -0.146. The monoisotopic (exact) mass is 344 g/mol. The van der Waals surface area contributed by atoms with Crippen LogP contribution < -0.4 is 0 Å². The van der Waals surface area contributed by atoms with Crippen LogP contribution in [0.3, 0.4) is 0 Å². The van der Waals surface area contributed by atoms with Gasteiger partial charge in [0.2, 0.25) is 5.91 Å². The summed E-state index contributed by atoms with van der Waals surface area (Å²) in [4.78, 5) is 17.4. The van der Waals surface area contributed by atoms with E-state index in [1.807, 2.05) is 22.5 Å². The van der Waals surface area contributed by atoms with Crippen molar-refractivity contribution in [2.24, 2.45) is 5.41 Å². The molecule has 6 heteroatoms. The van der Waals surface area contributed by atoms with Gasteiger partial charge in [0, 0.05) is 46.0 Å². The van der Waals surface area contributed by atoms with E-state index < -0.39 is 0 Å². The number of methoxy groups -OCH3 is 1. The zero-order valence-electron chi connectivity index (χ0n) is 15.3. The summed E-state index contributed by atoms with van der Waals surface area (Å²) in [5, 5.41) is 9.21. The molecule has 0 saturated carbocycles. The third kappa shape index (κ3) is 3.58. The van der Waals surface area contributed by atoms with Gasteiger partial charge in [-0.05, 0) is 44.4 Å². The molecule has 25 heavy (non-hydrogen) atoms. The van der Waals surface area contributed by atoms with E-state index in [1.54, 1.807) is 7.11 Å². The van der Waals surface area contributed by atoms with Crippen LogP contribution in [0.15, 0.2) is 12.3 Å². The van der Waals surface area contributed by atoms with Gasteiger partial charge in [0.25, 0.3) is 0 Å². The Morgan fingerprint density at radius 1 is 1.36 bits per heavy atom. The van der Waals surface area contributed by atoms with Crippen molar-refractivity contribution < 1.29 is 9.53 Å². The molecule has 2 fully saturated rings. The summed E-state index contributed by atoms with van der Waals surface area (Å²) in [6, 6.07) is 4.23. The van der Waals surface area contributed by atoms with Crippen LogP contribution in [0.5, 0.6) is 0 Å². The fourth-order valence-corrected chi connectivity index (χ4v) is 4.31. The number of aromatic nitrogens is 1. The lowest BCUT2D eigenvalue weighted by Gasteiger charge is -2.39. The number of ether oxygens (including phenoxy) is 1. The Morgan fingerprint density at radius 3 is 2.88 bits per heavy atom. The van der Waals surface area contributed by atoms with E-state index in [9.17, 15) is 10.1 Å². The Kier molecular flexibility index (Phi) is 5.45. The van der Waals surface area contributed by atoms with Crippen LogP contribution in [0.4, 0.5) is 0 Å². The highest BCUT2D eigenvalue weighted by Crippen LogP contribution is 2.40. The molecule has 0 unspecified atom stereocenters. The minimum Gasteiger partial charge on any atom is -0.383 e. The zero-order chi connectivity index (χ0) is 17.9. The third-order valence-corrected chi connectivity index (χ3v) is 5.64. The van der Waals surface area contributed by atoms with E-state index in [0.717, 1.165) is 57.5 Å². The third-order valence-electron chi connectivity index (χ3n) is 5.64. The van der Waals surface area contributed by atoms with Crippen molar-refractivity contribution in [1.82, 2.24) is 14.4 Å². The molecule has 3 heterocycles. The van der Waals surface area contributed by atoms with Crippen LogP contribution in [-0.4, -0.2) is 60.2 Å². The van der Waals surface area contributed by atoms with Crippen molar-refractivity contribution in [1.29, 1.82) is 5.26 Å². The molecule has 1 amide bonds. The van der Waals surface area contributed by atoms with E-state index in [2.05, 4.69) is 17.2 Å². The largest absolute Gasteiger partial charge is 0.383 e. The Bertz CT molecular complexity index is 663. The Labute approximate surface area is 150 Å². The SMILES string of the molecule is CCn1cc(CN2CC[C@@]3(CCCN(CCOC)C3=O)C2)cc1C#N. The summed E-state index contributed by atoms with van der Waals surface area (Å²) in [5.41, 5.74) is 1.66. The lowest BCUT2D eigenvalue weighted by atomic mass is 9.78. The smallest absolute Gasteiger partial charge is 0.230 e. The number of hydrogen-bond donors (Lipinski definition) is 0. The molecule has 1 aromatic heterocycles. The highest BCUT2D eigenvalue weighted by atomic mass is 16.5. The van der Waals surface area contributed by atoms with Crippen molar-refractivity contribution in [2.45, 2.75) is 39.3 Å². The molecule has 0 aromatic carbocycles. The molecule has 1 aromatic rings.